The van der Waals surface area contributed by atoms with Gasteiger partial charge in [0, 0.05) is 31.9 Å². The van der Waals surface area contributed by atoms with Crippen molar-refractivity contribution in [2.45, 2.75) is 38.9 Å². The molecule has 2 aromatic rings. The first-order valence-corrected chi connectivity index (χ1v) is 9.59. The van der Waals surface area contributed by atoms with E-state index >= 15 is 0 Å². The number of likely N-dealkylation sites (N-methyl/N-ethyl adjacent to an activating group) is 1. The average molecular weight is 373 g/mol. The van der Waals surface area contributed by atoms with E-state index in [2.05, 4.69) is 25.5 Å². The zero-order valence-corrected chi connectivity index (χ0v) is 15.8. The number of rotatable bonds is 6. The van der Waals surface area contributed by atoms with E-state index < -0.39 is 0 Å². The van der Waals surface area contributed by atoms with Crippen molar-refractivity contribution < 1.29 is 9.59 Å². The second-order valence-corrected chi connectivity index (χ2v) is 7.19. The molecule has 2 atom stereocenters. The quantitative estimate of drug-likeness (QED) is 0.798. The van der Waals surface area contributed by atoms with Gasteiger partial charge in [-0.1, -0.05) is 6.07 Å². The summed E-state index contributed by atoms with van der Waals surface area (Å²) in [6.07, 6.45) is 2.33. The van der Waals surface area contributed by atoms with E-state index in [4.69, 9.17) is 0 Å². The van der Waals surface area contributed by atoms with Crippen LogP contribution in [0.3, 0.4) is 0 Å². The van der Waals surface area contributed by atoms with Crippen LogP contribution < -0.4 is 10.6 Å². The van der Waals surface area contributed by atoms with Crippen molar-refractivity contribution in [3.8, 4) is 0 Å². The maximum atomic E-state index is 12.5. The number of amides is 2. The van der Waals surface area contributed by atoms with Gasteiger partial charge in [-0.15, -0.1) is 11.3 Å². The molecule has 1 fully saturated rings. The van der Waals surface area contributed by atoms with E-state index in [1.54, 1.807) is 11.7 Å². The molecule has 0 aliphatic carbocycles. The first-order valence-electron chi connectivity index (χ1n) is 8.71. The fourth-order valence-corrected chi connectivity index (χ4v) is 3.92. The van der Waals surface area contributed by atoms with E-state index in [9.17, 15) is 9.59 Å². The highest BCUT2D eigenvalue weighted by molar-refractivity contribution is 7.11. The zero-order chi connectivity index (χ0) is 18.5. The lowest BCUT2D eigenvalue weighted by atomic mass is 10.1. The van der Waals surface area contributed by atoms with Crippen LogP contribution in [-0.4, -0.2) is 51.9 Å². The minimum atomic E-state index is -0.273. The Morgan fingerprint density at radius 3 is 2.85 bits per heavy atom. The van der Waals surface area contributed by atoms with Gasteiger partial charge in [0.15, 0.2) is 0 Å². The Balaban J connectivity index is 1.70. The Labute approximate surface area is 156 Å². The Morgan fingerprint density at radius 1 is 1.35 bits per heavy atom. The minimum Gasteiger partial charge on any atom is -0.355 e. The number of pyridine rings is 1. The summed E-state index contributed by atoms with van der Waals surface area (Å²) in [4.78, 5) is 36.1. The minimum absolute atomic E-state index is 0.00542. The highest BCUT2D eigenvalue weighted by Gasteiger charge is 2.37. The largest absolute Gasteiger partial charge is 0.355 e. The lowest BCUT2D eigenvalue weighted by molar-refractivity contribution is -0.125. The summed E-state index contributed by atoms with van der Waals surface area (Å²) in [5, 5.41) is 5.95. The van der Waals surface area contributed by atoms with Crippen molar-refractivity contribution in [1.29, 1.82) is 0 Å². The third kappa shape index (κ3) is 4.25. The lowest BCUT2D eigenvalue weighted by Crippen LogP contribution is -2.42. The van der Waals surface area contributed by atoms with Crippen molar-refractivity contribution in [3.05, 3.63) is 46.2 Å². The molecule has 3 rings (SSSR count). The number of aryl methyl sites for hydroxylation is 1. The molecule has 138 valence electrons. The van der Waals surface area contributed by atoms with Crippen LogP contribution in [0.1, 0.15) is 34.4 Å². The van der Waals surface area contributed by atoms with Gasteiger partial charge in [-0.2, -0.15) is 0 Å². The molecule has 2 amide bonds. The maximum absolute atomic E-state index is 12.5. The molecule has 0 spiro atoms. The smallest absolute Gasteiger partial charge is 0.263 e. The summed E-state index contributed by atoms with van der Waals surface area (Å²) in [7, 11) is 0. The second-order valence-electron chi connectivity index (χ2n) is 6.33. The molecule has 0 radical (unpaired) electrons. The fourth-order valence-electron chi connectivity index (χ4n) is 3.22. The van der Waals surface area contributed by atoms with E-state index in [1.807, 2.05) is 32.0 Å². The van der Waals surface area contributed by atoms with Gasteiger partial charge in [0.25, 0.3) is 5.91 Å². The average Bonchev–Trinajstić information content (AvgIpc) is 3.22. The van der Waals surface area contributed by atoms with Crippen molar-refractivity contribution in [3.63, 3.8) is 0 Å². The standard InChI is InChI=1S/C18H23N5O2S/c1-3-19-17(24)15-8-14(22-18(25)16-12(2)21-11-26-16)10-23(15)9-13-6-4-5-7-20-13/h4-7,11,14-15H,3,8-10H2,1-2H3,(H,19,24)(H,22,25)/t14-,15+/m1/s1. The topological polar surface area (TPSA) is 87.2 Å². The number of thiazole rings is 1. The van der Waals surface area contributed by atoms with E-state index in [1.165, 1.54) is 11.3 Å². The number of hydrogen-bond acceptors (Lipinski definition) is 6. The molecule has 3 heterocycles. The fraction of sp³-hybridized carbons (Fsp3) is 0.444. The van der Waals surface area contributed by atoms with Gasteiger partial charge >= 0.3 is 0 Å². The molecule has 26 heavy (non-hydrogen) atoms. The number of nitrogens with one attached hydrogen (secondary N) is 2. The van der Waals surface area contributed by atoms with Crippen LogP contribution in [0.4, 0.5) is 0 Å². The van der Waals surface area contributed by atoms with Gasteiger partial charge in [-0.25, -0.2) is 4.98 Å². The molecule has 2 N–H and O–H groups in total. The van der Waals surface area contributed by atoms with Gasteiger partial charge in [0.1, 0.15) is 4.88 Å². The Morgan fingerprint density at radius 2 is 2.19 bits per heavy atom. The third-order valence-electron chi connectivity index (χ3n) is 4.44. The van der Waals surface area contributed by atoms with Gasteiger partial charge in [0.05, 0.1) is 22.9 Å². The van der Waals surface area contributed by atoms with Crippen LogP contribution in [0.25, 0.3) is 0 Å². The van der Waals surface area contributed by atoms with Crippen LogP contribution in [0.15, 0.2) is 29.9 Å². The maximum Gasteiger partial charge on any atom is 0.263 e. The predicted octanol–water partition coefficient (Wildman–Crippen LogP) is 1.36. The third-order valence-corrected chi connectivity index (χ3v) is 5.36. The van der Waals surface area contributed by atoms with Crippen LogP contribution >= 0.6 is 11.3 Å². The number of likely N-dealkylation sites (tertiary alicyclic amines) is 1. The van der Waals surface area contributed by atoms with Crippen molar-refractivity contribution in [2.75, 3.05) is 13.1 Å². The predicted molar refractivity (Wildman–Crippen MR) is 99.8 cm³/mol. The molecule has 1 aliphatic rings. The highest BCUT2D eigenvalue weighted by Crippen LogP contribution is 2.21. The lowest BCUT2D eigenvalue weighted by Gasteiger charge is -2.22. The van der Waals surface area contributed by atoms with Crippen molar-refractivity contribution in [2.24, 2.45) is 0 Å². The normalized spacial score (nSPS) is 20.1. The van der Waals surface area contributed by atoms with Crippen molar-refractivity contribution >= 4 is 23.2 Å². The molecular weight excluding hydrogens is 350 g/mol. The van der Waals surface area contributed by atoms with Crippen molar-refractivity contribution in [1.82, 2.24) is 25.5 Å². The molecule has 7 nitrogen and oxygen atoms in total. The van der Waals surface area contributed by atoms with Gasteiger partial charge in [-0.05, 0) is 32.4 Å². The van der Waals surface area contributed by atoms with E-state index in [0.717, 1.165) is 11.4 Å². The molecule has 8 heteroatoms. The summed E-state index contributed by atoms with van der Waals surface area (Å²) in [6, 6.07) is 5.40. The molecular formula is C18H23N5O2S. The summed E-state index contributed by atoms with van der Waals surface area (Å²) in [6.45, 7) is 5.51. The van der Waals surface area contributed by atoms with Crippen LogP contribution in [0.5, 0.6) is 0 Å². The van der Waals surface area contributed by atoms with Gasteiger partial charge in [-0.3, -0.25) is 19.5 Å². The summed E-state index contributed by atoms with van der Waals surface area (Å²) < 4.78 is 0. The Kier molecular flexibility index (Phi) is 5.95. The van der Waals surface area contributed by atoms with Crippen LogP contribution in [0.2, 0.25) is 0 Å². The first-order chi connectivity index (χ1) is 12.6. The number of carbonyl (C=O) groups is 2. The van der Waals surface area contributed by atoms with E-state index in [0.29, 0.717) is 30.9 Å². The molecule has 0 aromatic carbocycles. The molecule has 0 unspecified atom stereocenters. The van der Waals surface area contributed by atoms with E-state index in [-0.39, 0.29) is 23.9 Å². The first kappa shape index (κ1) is 18.5. The number of aromatic nitrogens is 2. The number of hydrogen-bond donors (Lipinski definition) is 2. The highest BCUT2D eigenvalue weighted by atomic mass is 32.1. The summed E-state index contributed by atoms with van der Waals surface area (Å²) in [5.41, 5.74) is 3.31. The summed E-state index contributed by atoms with van der Waals surface area (Å²) in [5.74, 6) is -0.126. The molecule has 1 aliphatic heterocycles. The van der Waals surface area contributed by atoms with Crippen LogP contribution in [0, 0.1) is 6.92 Å². The Hall–Kier alpha value is -2.32. The molecule has 1 saturated heterocycles. The molecule has 0 saturated carbocycles. The van der Waals surface area contributed by atoms with Crippen LogP contribution in [-0.2, 0) is 11.3 Å². The Bertz CT molecular complexity index is 764. The molecule has 2 aromatic heterocycles. The van der Waals surface area contributed by atoms with Gasteiger partial charge in [0.2, 0.25) is 5.91 Å². The second kappa shape index (κ2) is 8.37. The SMILES string of the molecule is CCNC(=O)[C@@H]1C[C@@H](NC(=O)c2scnc2C)CN1Cc1ccccn1. The monoisotopic (exact) mass is 373 g/mol. The number of carbonyl (C=O) groups excluding carboxylic acids is 2. The number of nitrogens with zero attached hydrogens (tertiary/aromatic N) is 3. The summed E-state index contributed by atoms with van der Waals surface area (Å²) >= 11 is 1.33. The zero-order valence-electron chi connectivity index (χ0n) is 14.9. The molecule has 0 bridgehead atoms. The van der Waals surface area contributed by atoms with Gasteiger partial charge < -0.3 is 10.6 Å².